The number of nitrogens with two attached hydrogens (primary N) is 1. The first-order chi connectivity index (χ1) is 9.56. The second-order valence-electron chi connectivity index (χ2n) is 4.99. The molecule has 0 unspecified atom stereocenters. The molecule has 0 saturated heterocycles. The molecule has 0 aliphatic rings. The van der Waals surface area contributed by atoms with Crippen LogP contribution in [0.25, 0.3) is 22.4 Å². The molecule has 6 heteroatoms. The molecule has 102 valence electrons. The van der Waals surface area contributed by atoms with Crippen LogP contribution in [0.4, 0.5) is 5.95 Å². The summed E-state index contributed by atoms with van der Waals surface area (Å²) in [5, 5.41) is 0. The van der Waals surface area contributed by atoms with E-state index in [2.05, 4.69) is 38.4 Å². The molecule has 0 amide bonds. The van der Waals surface area contributed by atoms with Gasteiger partial charge in [-0.1, -0.05) is 0 Å². The molecule has 0 fully saturated rings. The van der Waals surface area contributed by atoms with Crippen LogP contribution in [0.3, 0.4) is 0 Å². The minimum absolute atomic E-state index is 0.260. The van der Waals surface area contributed by atoms with Gasteiger partial charge in [0.1, 0.15) is 5.82 Å². The van der Waals surface area contributed by atoms with Gasteiger partial charge in [-0.3, -0.25) is 0 Å². The minimum atomic E-state index is 0.260. The van der Waals surface area contributed by atoms with Crippen molar-refractivity contribution in [3.05, 3.63) is 30.4 Å². The molecule has 0 aliphatic carbocycles. The Morgan fingerprint density at radius 3 is 2.70 bits per heavy atom. The van der Waals surface area contributed by atoms with Crippen molar-refractivity contribution >= 4 is 17.1 Å². The van der Waals surface area contributed by atoms with Crippen LogP contribution in [-0.2, 0) is 0 Å². The number of imidazole rings is 1. The third-order valence-corrected chi connectivity index (χ3v) is 3.21. The molecular weight excluding hydrogens is 252 g/mol. The first-order valence-electron chi connectivity index (χ1n) is 6.49. The number of aryl methyl sites for hydroxylation is 1. The fourth-order valence-electron chi connectivity index (χ4n) is 2.42. The van der Waals surface area contributed by atoms with Crippen LogP contribution < -0.4 is 5.73 Å². The minimum Gasteiger partial charge on any atom is -0.368 e. The number of fused-ring (bicyclic) bond motifs is 1. The Balaban J connectivity index is 2.22. The molecule has 0 saturated carbocycles. The van der Waals surface area contributed by atoms with E-state index in [9.17, 15) is 0 Å². The highest BCUT2D eigenvalue weighted by molar-refractivity contribution is 5.78. The molecule has 0 atom stereocenters. The average Bonchev–Trinajstić information content (AvgIpc) is 2.73. The standard InChI is InChI=1S/C14H16N6/c1-8(2)20-9(3)18-13-12(20)6-10(7-17-13)11-4-5-16-14(15)19-11/h4-8H,1-3H3,(H2,15,16,19). The predicted octanol–water partition coefficient (Wildman–Crippen LogP) is 2.36. The van der Waals surface area contributed by atoms with Gasteiger partial charge in [-0.05, 0) is 32.9 Å². The average molecular weight is 268 g/mol. The van der Waals surface area contributed by atoms with Crippen molar-refractivity contribution in [1.82, 2.24) is 24.5 Å². The largest absolute Gasteiger partial charge is 0.368 e. The third-order valence-electron chi connectivity index (χ3n) is 3.21. The molecule has 20 heavy (non-hydrogen) atoms. The molecule has 0 aromatic carbocycles. The molecule has 3 heterocycles. The van der Waals surface area contributed by atoms with E-state index >= 15 is 0 Å². The summed E-state index contributed by atoms with van der Waals surface area (Å²) in [5.74, 6) is 1.22. The summed E-state index contributed by atoms with van der Waals surface area (Å²) in [6.07, 6.45) is 3.41. The number of hydrogen-bond donors (Lipinski definition) is 1. The quantitative estimate of drug-likeness (QED) is 0.771. The number of hydrogen-bond acceptors (Lipinski definition) is 5. The van der Waals surface area contributed by atoms with E-state index in [-0.39, 0.29) is 5.95 Å². The lowest BCUT2D eigenvalue weighted by atomic mass is 10.2. The summed E-state index contributed by atoms with van der Waals surface area (Å²) >= 11 is 0. The lowest BCUT2D eigenvalue weighted by Crippen LogP contribution is -2.03. The number of aromatic nitrogens is 5. The molecule has 0 aliphatic heterocycles. The van der Waals surface area contributed by atoms with Gasteiger partial charge in [0.05, 0.1) is 11.2 Å². The summed E-state index contributed by atoms with van der Waals surface area (Å²) in [6.45, 7) is 6.25. The van der Waals surface area contributed by atoms with Crippen molar-refractivity contribution in [3.8, 4) is 11.3 Å². The Morgan fingerprint density at radius 2 is 2.00 bits per heavy atom. The van der Waals surface area contributed by atoms with E-state index in [4.69, 9.17) is 5.73 Å². The number of rotatable bonds is 2. The first-order valence-corrected chi connectivity index (χ1v) is 6.49. The van der Waals surface area contributed by atoms with Gasteiger partial charge in [-0.25, -0.2) is 19.9 Å². The molecule has 0 radical (unpaired) electrons. The normalized spacial score (nSPS) is 11.4. The zero-order valence-corrected chi connectivity index (χ0v) is 11.7. The maximum Gasteiger partial charge on any atom is 0.220 e. The first kappa shape index (κ1) is 12.5. The predicted molar refractivity (Wildman–Crippen MR) is 78.1 cm³/mol. The van der Waals surface area contributed by atoms with E-state index in [0.29, 0.717) is 6.04 Å². The molecule has 3 aromatic heterocycles. The second kappa shape index (κ2) is 4.56. The van der Waals surface area contributed by atoms with E-state index in [1.54, 1.807) is 12.4 Å². The Labute approximate surface area is 116 Å². The summed E-state index contributed by atoms with van der Waals surface area (Å²) in [5.41, 5.74) is 9.06. The van der Waals surface area contributed by atoms with Gasteiger partial charge in [0.25, 0.3) is 0 Å². The van der Waals surface area contributed by atoms with Gasteiger partial charge in [-0.15, -0.1) is 0 Å². The highest BCUT2D eigenvalue weighted by Crippen LogP contribution is 2.24. The van der Waals surface area contributed by atoms with Crippen LogP contribution in [0.15, 0.2) is 24.5 Å². The Hall–Kier alpha value is -2.50. The van der Waals surface area contributed by atoms with Crippen molar-refractivity contribution < 1.29 is 0 Å². The molecule has 3 rings (SSSR count). The van der Waals surface area contributed by atoms with Gasteiger partial charge in [0.15, 0.2) is 5.65 Å². The fraction of sp³-hybridized carbons (Fsp3) is 0.286. The van der Waals surface area contributed by atoms with Gasteiger partial charge >= 0.3 is 0 Å². The maximum atomic E-state index is 5.63. The van der Waals surface area contributed by atoms with E-state index < -0.39 is 0 Å². The SMILES string of the molecule is Cc1nc2ncc(-c3ccnc(N)n3)cc2n1C(C)C. The molecule has 2 N–H and O–H groups in total. The van der Waals surface area contributed by atoms with Crippen molar-refractivity contribution in [2.75, 3.05) is 5.73 Å². The van der Waals surface area contributed by atoms with Gasteiger partial charge < -0.3 is 10.3 Å². The van der Waals surface area contributed by atoms with Crippen LogP contribution in [0, 0.1) is 6.92 Å². The molecule has 0 bridgehead atoms. The molecule has 0 spiro atoms. The number of nitrogens with zero attached hydrogens (tertiary/aromatic N) is 5. The molecule has 6 nitrogen and oxygen atoms in total. The topological polar surface area (TPSA) is 82.5 Å². The smallest absolute Gasteiger partial charge is 0.220 e. The Bertz CT molecular complexity index is 774. The molecule has 3 aromatic rings. The van der Waals surface area contributed by atoms with E-state index in [1.807, 2.05) is 19.1 Å². The van der Waals surface area contributed by atoms with Crippen molar-refractivity contribution in [2.45, 2.75) is 26.8 Å². The van der Waals surface area contributed by atoms with Crippen molar-refractivity contribution in [3.63, 3.8) is 0 Å². The summed E-state index contributed by atoms with van der Waals surface area (Å²) in [7, 11) is 0. The number of nitrogen functional groups attached to an aromatic ring is 1. The maximum absolute atomic E-state index is 5.63. The Morgan fingerprint density at radius 1 is 1.20 bits per heavy atom. The fourth-order valence-corrected chi connectivity index (χ4v) is 2.42. The highest BCUT2D eigenvalue weighted by atomic mass is 15.1. The van der Waals surface area contributed by atoms with Gasteiger partial charge in [-0.2, -0.15) is 0 Å². The third kappa shape index (κ3) is 1.99. The number of pyridine rings is 1. The summed E-state index contributed by atoms with van der Waals surface area (Å²) in [6, 6.07) is 4.19. The Kier molecular flexibility index (Phi) is 2.85. The lowest BCUT2D eigenvalue weighted by molar-refractivity contribution is 0.600. The highest BCUT2D eigenvalue weighted by Gasteiger charge is 2.12. The summed E-state index contributed by atoms with van der Waals surface area (Å²) < 4.78 is 2.16. The van der Waals surface area contributed by atoms with Crippen LogP contribution in [0.5, 0.6) is 0 Å². The zero-order chi connectivity index (χ0) is 14.3. The van der Waals surface area contributed by atoms with Crippen LogP contribution in [0.1, 0.15) is 25.7 Å². The molecular formula is C14H16N6. The van der Waals surface area contributed by atoms with E-state index in [0.717, 1.165) is 28.2 Å². The monoisotopic (exact) mass is 268 g/mol. The zero-order valence-electron chi connectivity index (χ0n) is 11.7. The van der Waals surface area contributed by atoms with Crippen molar-refractivity contribution in [1.29, 1.82) is 0 Å². The lowest BCUT2D eigenvalue weighted by Gasteiger charge is -2.10. The van der Waals surface area contributed by atoms with Crippen molar-refractivity contribution in [2.24, 2.45) is 0 Å². The second-order valence-corrected chi connectivity index (χ2v) is 4.99. The van der Waals surface area contributed by atoms with Gasteiger partial charge in [0, 0.05) is 24.0 Å². The number of anilines is 1. The van der Waals surface area contributed by atoms with Crippen LogP contribution in [0.2, 0.25) is 0 Å². The van der Waals surface area contributed by atoms with Crippen LogP contribution in [-0.4, -0.2) is 24.5 Å². The van der Waals surface area contributed by atoms with E-state index in [1.165, 1.54) is 0 Å². The summed E-state index contributed by atoms with van der Waals surface area (Å²) in [4.78, 5) is 17.0. The van der Waals surface area contributed by atoms with Crippen LogP contribution >= 0.6 is 0 Å². The van der Waals surface area contributed by atoms with Gasteiger partial charge in [0.2, 0.25) is 5.95 Å².